The Balaban J connectivity index is 2.57. The van der Waals surface area contributed by atoms with E-state index in [1.54, 1.807) is 0 Å². The van der Waals surface area contributed by atoms with Crippen molar-refractivity contribution in [3.8, 4) is 12.3 Å². The molecule has 88 valence electrons. The lowest BCUT2D eigenvalue weighted by atomic mass is 9.93. The lowest BCUT2D eigenvalue weighted by molar-refractivity contribution is -0.140. The molecule has 17 heavy (non-hydrogen) atoms. The van der Waals surface area contributed by atoms with E-state index in [1.165, 1.54) is 6.92 Å². The summed E-state index contributed by atoms with van der Waals surface area (Å²) in [5, 5.41) is 0. The van der Waals surface area contributed by atoms with Gasteiger partial charge in [-0.1, -0.05) is 42.8 Å². The first kappa shape index (κ1) is 13.1. The number of carbonyl (C=O) groups is 1. The van der Waals surface area contributed by atoms with Crippen LogP contribution in [0.4, 0.5) is 0 Å². The zero-order chi connectivity index (χ0) is 12.7. The van der Waals surface area contributed by atoms with Crippen LogP contribution in [0.1, 0.15) is 24.8 Å². The Morgan fingerprint density at radius 1 is 1.47 bits per heavy atom. The van der Waals surface area contributed by atoms with Gasteiger partial charge < -0.3 is 4.74 Å². The van der Waals surface area contributed by atoms with Crippen molar-refractivity contribution in [2.45, 2.75) is 19.3 Å². The highest BCUT2D eigenvalue weighted by Gasteiger charge is 2.10. The van der Waals surface area contributed by atoms with Crippen LogP contribution >= 0.6 is 0 Å². The molecule has 2 heteroatoms. The Labute approximate surface area is 102 Å². The van der Waals surface area contributed by atoms with E-state index >= 15 is 0 Å². The molecule has 0 aliphatic rings. The highest BCUT2D eigenvalue weighted by molar-refractivity contribution is 5.66. The molecule has 0 aliphatic heterocycles. The van der Waals surface area contributed by atoms with Gasteiger partial charge in [-0.3, -0.25) is 4.79 Å². The smallest absolute Gasteiger partial charge is 0.302 e. The van der Waals surface area contributed by atoms with Crippen molar-refractivity contribution >= 4 is 5.97 Å². The molecule has 0 heterocycles. The molecule has 0 spiro atoms. The number of esters is 1. The molecule has 0 N–H and O–H groups in total. The van der Waals surface area contributed by atoms with E-state index in [4.69, 9.17) is 11.2 Å². The van der Waals surface area contributed by atoms with Gasteiger partial charge in [0, 0.05) is 12.8 Å². The predicted molar refractivity (Wildman–Crippen MR) is 68.4 cm³/mol. The Bertz CT molecular complexity index is 426. The van der Waals surface area contributed by atoms with Crippen molar-refractivity contribution in [2.24, 2.45) is 0 Å². The summed E-state index contributed by atoms with van der Waals surface area (Å²) in [5.41, 5.74) is 1.91. The van der Waals surface area contributed by atoms with Gasteiger partial charge in [0.05, 0.1) is 0 Å². The Morgan fingerprint density at radius 2 is 2.12 bits per heavy atom. The molecule has 0 radical (unpaired) electrons. The lowest BCUT2D eigenvalue weighted by Crippen LogP contribution is -2.05. The number of rotatable bonds is 5. The van der Waals surface area contributed by atoms with E-state index in [0.717, 1.165) is 11.1 Å². The summed E-state index contributed by atoms with van der Waals surface area (Å²) in [4.78, 5) is 10.7. The Hall–Kier alpha value is -2.01. The Morgan fingerprint density at radius 3 is 2.65 bits per heavy atom. The molecule has 0 amide bonds. The molecule has 1 rings (SSSR count). The van der Waals surface area contributed by atoms with Crippen LogP contribution < -0.4 is 0 Å². The van der Waals surface area contributed by atoms with Gasteiger partial charge in [0.25, 0.3) is 0 Å². The van der Waals surface area contributed by atoms with Crippen LogP contribution in [0.3, 0.4) is 0 Å². The van der Waals surface area contributed by atoms with E-state index in [9.17, 15) is 4.79 Å². The molecular weight excluding hydrogens is 212 g/mol. The lowest BCUT2D eigenvalue weighted by Gasteiger charge is -2.12. The Kier molecular flexibility index (Phi) is 5.03. The molecule has 0 aromatic heterocycles. The quantitative estimate of drug-likeness (QED) is 0.440. The number of hydrogen-bond acceptors (Lipinski definition) is 2. The van der Waals surface area contributed by atoms with Gasteiger partial charge in [-0.25, -0.2) is 0 Å². The standard InChI is InChI=1S/C15H16O2/c1-4-14(15-8-6-5-7-9-15)10-12(2)11-17-13(3)16/h1,5-9,14H,2,10-11H2,3H3. The monoisotopic (exact) mass is 228 g/mol. The number of ether oxygens (including phenoxy) is 1. The summed E-state index contributed by atoms with van der Waals surface area (Å²) in [6.45, 7) is 5.48. The largest absolute Gasteiger partial charge is 0.461 e. The van der Waals surface area contributed by atoms with Crippen LogP contribution in [-0.2, 0) is 9.53 Å². The zero-order valence-electron chi connectivity index (χ0n) is 9.98. The van der Waals surface area contributed by atoms with Crippen molar-refractivity contribution < 1.29 is 9.53 Å². The van der Waals surface area contributed by atoms with Crippen molar-refractivity contribution in [1.82, 2.24) is 0 Å². The van der Waals surface area contributed by atoms with Crippen molar-refractivity contribution in [2.75, 3.05) is 6.61 Å². The van der Waals surface area contributed by atoms with Crippen LogP contribution in [0.15, 0.2) is 42.5 Å². The fourth-order valence-corrected chi connectivity index (χ4v) is 1.51. The third-order valence-corrected chi connectivity index (χ3v) is 2.38. The number of benzene rings is 1. The first-order valence-corrected chi connectivity index (χ1v) is 5.44. The van der Waals surface area contributed by atoms with Gasteiger partial charge in [-0.15, -0.1) is 6.42 Å². The summed E-state index contributed by atoms with van der Waals surface area (Å²) in [7, 11) is 0. The highest BCUT2D eigenvalue weighted by atomic mass is 16.5. The number of carbonyl (C=O) groups excluding carboxylic acids is 1. The second-order valence-corrected chi connectivity index (χ2v) is 3.86. The maximum Gasteiger partial charge on any atom is 0.302 e. The molecule has 0 bridgehead atoms. The van der Waals surface area contributed by atoms with Crippen molar-refractivity contribution in [1.29, 1.82) is 0 Å². The molecule has 0 fully saturated rings. The first-order valence-electron chi connectivity index (χ1n) is 5.44. The van der Waals surface area contributed by atoms with E-state index in [0.29, 0.717) is 6.42 Å². The maximum atomic E-state index is 10.7. The fraction of sp³-hybridized carbons (Fsp3) is 0.267. The van der Waals surface area contributed by atoms with Crippen LogP contribution in [0, 0.1) is 12.3 Å². The molecular formula is C15H16O2. The normalized spacial score (nSPS) is 11.3. The SMILES string of the molecule is C#CC(CC(=C)COC(C)=O)c1ccccc1. The fourth-order valence-electron chi connectivity index (χ4n) is 1.51. The van der Waals surface area contributed by atoms with Crippen LogP contribution in [-0.4, -0.2) is 12.6 Å². The van der Waals surface area contributed by atoms with Crippen molar-refractivity contribution in [3.05, 3.63) is 48.0 Å². The third kappa shape index (κ3) is 4.56. The minimum Gasteiger partial charge on any atom is -0.461 e. The van der Waals surface area contributed by atoms with Crippen LogP contribution in [0.2, 0.25) is 0 Å². The summed E-state index contributed by atoms with van der Waals surface area (Å²) in [5.74, 6) is 2.42. The first-order chi connectivity index (χ1) is 8.13. The van der Waals surface area contributed by atoms with E-state index < -0.39 is 0 Å². The average Bonchev–Trinajstić information content (AvgIpc) is 2.34. The zero-order valence-corrected chi connectivity index (χ0v) is 9.98. The molecule has 1 atom stereocenters. The van der Waals surface area contributed by atoms with Gasteiger partial charge in [-0.05, 0) is 17.6 Å². The van der Waals surface area contributed by atoms with Gasteiger partial charge in [-0.2, -0.15) is 0 Å². The highest BCUT2D eigenvalue weighted by Crippen LogP contribution is 2.22. The van der Waals surface area contributed by atoms with E-state index in [2.05, 4.69) is 12.5 Å². The maximum absolute atomic E-state index is 10.7. The molecule has 1 unspecified atom stereocenters. The molecule has 0 saturated carbocycles. The average molecular weight is 228 g/mol. The molecule has 2 nitrogen and oxygen atoms in total. The van der Waals surface area contributed by atoms with E-state index in [1.807, 2.05) is 30.3 Å². The number of hydrogen-bond donors (Lipinski definition) is 0. The molecule has 1 aromatic carbocycles. The van der Waals surface area contributed by atoms with Gasteiger partial charge in [0.15, 0.2) is 0 Å². The van der Waals surface area contributed by atoms with Gasteiger partial charge in [0.1, 0.15) is 6.61 Å². The second kappa shape index (κ2) is 6.55. The van der Waals surface area contributed by atoms with Crippen molar-refractivity contribution in [3.63, 3.8) is 0 Å². The van der Waals surface area contributed by atoms with Gasteiger partial charge in [0.2, 0.25) is 0 Å². The minimum atomic E-state index is -0.303. The third-order valence-electron chi connectivity index (χ3n) is 2.38. The van der Waals surface area contributed by atoms with Crippen LogP contribution in [0.5, 0.6) is 0 Å². The number of terminal acetylenes is 1. The summed E-state index contributed by atoms with van der Waals surface area (Å²) < 4.78 is 4.88. The summed E-state index contributed by atoms with van der Waals surface area (Å²) in [6, 6.07) is 9.83. The summed E-state index contributed by atoms with van der Waals surface area (Å²) in [6.07, 6.45) is 6.14. The molecule has 0 aliphatic carbocycles. The summed E-state index contributed by atoms with van der Waals surface area (Å²) >= 11 is 0. The van der Waals surface area contributed by atoms with E-state index in [-0.39, 0.29) is 18.5 Å². The topological polar surface area (TPSA) is 26.3 Å². The minimum absolute atomic E-state index is 0.0146. The predicted octanol–water partition coefficient (Wildman–Crippen LogP) is 2.91. The van der Waals surface area contributed by atoms with Crippen LogP contribution in [0.25, 0.3) is 0 Å². The second-order valence-electron chi connectivity index (χ2n) is 3.86. The molecule has 1 aromatic rings. The molecule has 0 saturated heterocycles. The van der Waals surface area contributed by atoms with Gasteiger partial charge >= 0.3 is 5.97 Å².